The van der Waals surface area contributed by atoms with Crippen LogP contribution in [0.15, 0.2) is 0 Å². The Labute approximate surface area is 103 Å². The molecule has 0 aliphatic carbocycles. The van der Waals surface area contributed by atoms with E-state index in [-0.39, 0.29) is 18.9 Å². The lowest BCUT2D eigenvalue weighted by molar-refractivity contribution is -0.349. The van der Waals surface area contributed by atoms with Gasteiger partial charge in [-0.05, 0) is 19.3 Å². The molecule has 0 aromatic heterocycles. The molecule has 0 spiro atoms. The van der Waals surface area contributed by atoms with E-state index < -0.39 is 29.1 Å². The molecule has 0 aromatic rings. The highest BCUT2D eigenvalue weighted by molar-refractivity contribution is 5.92. The van der Waals surface area contributed by atoms with Gasteiger partial charge in [0.15, 0.2) is 0 Å². The molecule has 0 amide bonds. The molecule has 0 saturated carbocycles. The van der Waals surface area contributed by atoms with Crippen LogP contribution in [0.5, 0.6) is 0 Å². The molecule has 2 bridgehead atoms. The molecule has 0 aromatic carbocycles. The van der Waals surface area contributed by atoms with Gasteiger partial charge in [-0.25, -0.2) is 4.79 Å². The molecular formula is C11H13NO6. The van der Waals surface area contributed by atoms with Crippen LogP contribution in [0, 0.1) is 17.2 Å². The Morgan fingerprint density at radius 1 is 1.56 bits per heavy atom. The van der Waals surface area contributed by atoms with Crippen molar-refractivity contribution in [3.8, 4) is 6.07 Å². The smallest absolute Gasteiger partial charge is 0.389 e. The van der Waals surface area contributed by atoms with Crippen LogP contribution in [0.4, 0.5) is 0 Å². The van der Waals surface area contributed by atoms with E-state index in [4.69, 9.17) is 10.00 Å². The molecule has 3 aliphatic rings. The number of nitriles is 1. The third kappa shape index (κ3) is 1.14. The number of cyclic esters (lactones) is 1. The topological polar surface area (TPSA) is 123 Å². The highest BCUT2D eigenvalue weighted by Gasteiger charge is 2.82. The van der Waals surface area contributed by atoms with Gasteiger partial charge in [0.1, 0.15) is 5.60 Å². The van der Waals surface area contributed by atoms with Crippen LogP contribution in [-0.4, -0.2) is 44.6 Å². The molecule has 3 N–H and O–H groups in total. The quantitative estimate of drug-likeness (QED) is 0.426. The van der Waals surface area contributed by atoms with Gasteiger partial charge in [-0.2, -0.15) is 5.26 Å². The first kappa shape index (κ1) is 11.9. The molecule has 3 heterocycles. The van der Waals surface area contributed by atoms with Gasteiger partial charge >= 0.3 is 11.8 Å². The summed E-state index contributed by atoms with van der Waals surface area (Å²) < 4.78 is 9.87. The third-order valence-corrected chi connectivity index (χ3v) is 4.30. The average Bonchev–Trinajstić information content (AvgIpc) is 2.70. The molecule has 7 nitrogen and oxygen atoms in total. The maximum atomic E-state index is 11.0. The average molecular weight is 255 g/mol. The van der Waals surface area contributed by atoms with Crippen LogP contribution in [0.2, 0.25) is 0 Å². The van der Waals surface area contributed by atoms with Crippen molar-refractivity contribution in [1.82, 2.24) is 0 Å². The minimum absolute atomic E-state index is 0.0731. The molecule has 0 radical (unpaired) electrons. The van der Waals surface area contributed by atoms with Crippen molar-refractivity contribution in [3.05, 3.63) is 0 Å². The largest absolute Gasteiger partial charge is 0.412 e. The summed E-state index contributed by atoms with van der Waals surface area (Å²) in [6.45, 7) is 0. The zero-order valence-electron chi connectivity index (χ0n) is 9.50. The molecule has 18 heavy (non-hydrogen) atoms. The summed E-state index contributed by atoms with van der Waals surface area (Å²) in [4.78, 5) is 11.0. The number of rotatable bonds is 3. The summed E-state index contributed by atoms with van der Waals surface area (Å²) in [6.07, 6.45) is 1.30. The Bertz CT molecular complexity index is 457. The van der Waals surface area contributed by atoms with Crippen LogP contribution < -0.4 is 0 Å². The minimum Gasteiger partial charge on any atom is -0.412 e. The van der Waals surface area contributed by atoms with Gasteiger partial charge in [0.05, 0.1) is 12.2 Å². The maximum Gasteiger partial charge on any atom is 0.389 e. The van der Waals surface area contributed by atoms with E-state index in [1.54, 1.807) is 0 Å². The number of carbonyl (C=O) groups excluding carboxylic acids is 1. The first-order valence-electron chi connectivity index (χ1n) is 5.83. The van der Waals surface area contributed by atoms with Crippen LogP contribution in [0.1, 0.15) is 25.7 Å². The lowest BCUT2D eigenvalue weighted by Crippen LogP contribution is -2.65. The molecule has 7 heteroatoms. The van der Waals surface area contributed by atoms with Crippen molar-refractivity contribution in [3.63, 3.8) is 0 Å². The normalized spacial score (nSPS) is 45.8. The number of fused-ring (bicyclic) bond motifs is 2. The van der Waals surface area contributed by atoms with Crippen LogP contribution in [-0.2, 0) is 14.3 Å². The van der Waals surface area contributed by atoms with Crippen LogP contribution >= 0.6 is 0 Å². The predicted molar refractivity (Wildman–Crippen MR) is 53.4 cm³/mol. The molecule has 4 unspecified atom stereocenters. The van der Waals surface area contributed by atoms with Gasteiger partial charge in [-0.1, -0.05) is 0 Å². The molecule has 98 valence electrons. The third-order valence-electron chi connectivity index (χ3n) is 4.30. The summed E-state index contributed by atoms with van der Waals surface area (Å²) in [5, 5.41) is 38.9. The van der Waals surface area contributed by atoms with E-state index in [1.807, 2.05) is 6.07 Å². The van der Waals surface area contributed by atoms with Gasteiger partial charge in [0.2, 0.25) is 0 Å². The van der Waals surface area contributed by atoms with E-state index in [9.17, 15) is 20.1 Å². The molecule has 3 fully saturated rings. The van der Waals surface area contributed by atoms with E-state index in [2.05, 4.69) is 4.74 Å². The fourth-order valence-corrected chi connectivity index (χ4v) is 3.27. The SMILES string of the molecule is N#CCC1CC2CCC1(C(O)(O)C1(O)OC1=O)O2. The summed E-state index contributed by atoms with van der Waals surface area (Å²) in [5.74, 6) is -6.97. The lowest BCUT2D eigenvalue weighted by atomic mass is 9.70. The van der Waals surface area contributed by atoms with Gasteiger partial charge in [-0.15, -0.1) is 0 Å². The Kier molecular flexibility index (Phi) is 2.12. The Hall–Kier alpha value is -1.20. The van der Waals surface area contributed by atoms with Gasteiger partial charge < -0.3 is 24.8 Å². The van der Waals surface area contributed by atoms with Gasteiger partial charge in [-0.3, -0.25) is 0 Å². The zero-order chi connectivity index (χ0) is 13.2. The van der Waals surface area contributed by atoms with E-state index in [0.29, 0.717) is 12.8 Å². The van der Waals surface area contributed by atoms with E-state index in [0.717, 1.165) is 0 Å². The monoisotopic (exact) mass is 255 g/mol. The fraction of sp³-hybridized carbons (Fsp3) is 0.818. The predicted octanol–water partition coefficient (Wildman–Crippen LogP) is -1.24. The number of hydrogen-bond donors (Lipinski definition) is 3. The van der Waals surface area contributed by atoms with Crippen molar-refractivity contribution in [2.45, 2.75) is 49.0 Å². The van der Waals surface area contributed by atoms with Gasteiger partial charge in [0.25, 0.3) is 5.79 Å². The molecule has 3 rings (SSSR count). The van der Waals surface area contributed by atoms with Gasteiger partial charge in [0, 0.05) is 12.3 Å². The van der Waals surface area contributed by atoms with Crippen LogP contribution in [0.25, 0.3) is 0 Å². The summed E-state index contributed by atoms with van der Waals surface area (Å²) >= 11 is 0. The van der Waals surface area contributed by atoms with Crippen molar-refractivity contribution in [2.75, 3.05) is 0 Å². The second-order valence-electron chi connectivity index (χ2n) is 5.17. The second kappa shape index (κ2) is 3.22. The minimum atomic E-state index is -2.83. The number of carbonyl (C=O) groups is 1. The first-order valence-corrected chi connectivity index (χ1v) is 5.83. The summed E-state index contributed by atoms with van der Waals surface area (Å²) in [5.41, 5.74) is -1.51. The molecule has 3 aliphatic heterocycles. The van der Waals surface area contributed by atoms with E-state index in [1.165, 1.54) is 0 Å². The van der Waals surface area contributed by atoms with E-state index >= 15 is 0 Å². The first-order chi connectivity index (χ1) is 8.37. The maximum absolute atomic E-state index is 11.0. The number of epoxide rings is 1. The Morgan fingerprint density at radius 2 is 2.22 bits per heavy atom. The molecule has 4 atom stereocenters. The molecular weight excluding hydrogens is 242 g/mol. The lowest BCUT2D eigenvalue weighted by Gasteiger charge is -2.41. The fourth-order valence-electron chi connectivity index (χ4n) is 3.27. The number of ether oxygens (including phenoxy) is 2. The Balaban J connectivity index is 1.98. The van der Waals surface area contributed by atoms with Crippen molar-refractivity contribution in [1.29, 1.82) is 5.26 Å². The second-order valence-corrected chi connectivity index (χ2v) is 5.17. The number of nitrogens with zero attached hydrogens (tertiary/aromatic N) is 1. The molecule has 3 saturated heterocycles. The van der Waals surface area contributed by atoms with Crippen molar-refractivity contribution >= 4 is 5.97 Å². The number of hydrogen-bond acceptors (Lipinski definition) is 7. The summed E-state index contributed by atoms with van der Waals surface area (Å²) in [6, 6.07) is 1.96. The standard InChI is InChI=1S/C11H13NO6/c12-4-2-6-5-7-1-3-9(6,17-7)11(15,16)10(14)8(13)18-10/h6-7,14-16H,1-3,5H2. The Morgan fingerprint density at radius 3 is 2.72 bits per heavy atom. The zero-order valence-corrected chi connectivity index (χ0v) is 9.50. The highest BCUT2D eigenvalue weighted by atomic mass is 16.8. The van der Waals surface area contributed by atoms with Crippen LogP contribution in [0.3, 0.4) is 0 Å². The highest BCUT2D eigenvalue weighted by Crippen LogP contribution is 2.58. The number of aliphatic hydroxyl groups is 3. The van der Waals surface area contributed by atoms with Crippen molar-refractivity contribution in [2.24, 2.45) is 5.92 Å². The summed E-state index contributed by atoms with van der Waals surface area (Å²) in [7, 11) is 0. The van der Waals surface area contributed by atoms with Crippen molar-refractivity contribution < 1.29 is 29.6 Å².